The summed E-state index contributed by atoms with van der Waals surface area (Å²) in [6.45, 7) is 1.37. The maximum absolute atomic E-state index is 12.7. The summed E-state index contributed by atoms with van der Waals surface area (Å²) in [7, 11) is 0. The van der Waals surface area contributed by atoms with Crippen molar-refractivity contribution >= 4 is 29.6 Å². The van der Waals surface area contributed by atoms with Crippen LogP contribution in [0.3, 0.4) is 0 Å². The molecule has 156 valence electrons. The number of rotatable bonds is 6. The van der Waals surface area contributed by atoms with Crippen LogP contribution in [0.2, 0.25) is 0 Å². The number of aliphatic hydroxyl groups is 1. The van der Waals surface area contributed by atoms with Gasteiger partial charge in [0.05, 0.1) is 12.4 Å². The molecule has 2 fully saturated rings. The lowest BCUT2D eigenvalue weighted by Gasteiger charge is -2.32. The van der Waals surface area contributed by atoms with Crippen LogP contribution >= 0.6 is 0 Å². The molecule has 1 aliphatic heterocycles. The number of carbonyl (C=O) groups excluding carboxylic acids is 1. The first-order chi connectivity index (χ1) is 14.5. The van der Waals surface area contributed by atoms with E-state index in [4.69, 9.17) is 10.8 Å². The molecule has 1 unspecified atom stereocenters. The molecule has 1 atom stereocenters. The van der Waals surface area contributed by atoms with E-state index in [1.54, 1.807) is 35.4 Å². The van der Waals surface area contributed by atoms with E-state index in [0.29, 0.717) is 18.1 Å². The van der Waals surface area contributed by atoms with Gasteiger partial charge in [0.25, 0.3) is 5.91 Å². The van der Waals surface area contributed by atoms with E-state index < -0.39 is 5.91 Å². The number of anilines is 2. The summed E-state index contributed by atoms with van der Waals surface area (Å²) in [4.78, 5) is 24.9. The lowest BCUT2D eigenvalue weighted by atomic mass is 10.1. The third kappa shape index (κ3) is 4.46. The van der Waals surface area contributed by atoms with Crippen molar-refractivity contribution < 1.29 is 9.90 Å². The third-order valence-corrected chi connectivity index (χ3v) is 5.31. The summed E-state index contributed by atoms with van der Waals surface area (Å²) in [6.07, 6.45) is 6.00. The van der Waals surface area contributed by atoms with E-state index in [2.05, 4.69) is 20.2 Å². The molecule has 4 N–H and O–H groups in total. The lowest BCUT2D eigenvalue weighted by Crippen LogP contribution is -2.38. The van der Waals surface area contributed by atoms with Gasteiger partial charge in [-0.05, 0) is 49.9 Å². The molecule has 30 heavy (non-hydrogen) atoms. The number of amidine groups is 1. The minimum Gasteiger partial charge on any atom is -0.391 e. The Bertz CT molecular complexity index is 960. The Hall–Kier alpha value is -3.33. The molecule has 0 aromatic carbocycles. The summed E-state index contributed by atoms with van der Waals surface area (Å²) < 4.78 is 0. The van der Waals surface area contributed by atoms with Crippen molar-refractivity contribution in [2.24, 2.45) is 0 Å². The quantitative estimate of drug-likeness (QED) is 0.429. The van der Waals surface area contributed by atoms with Crippen molar-refractivity contribution in [3.05, 3.63) is 47.9 Å². The smallest absolute Gasteiger partial charge is 0.275 e. The summed E-state index contributed by atoms with van der Waals surface area (Å²) in [5, 5.41) is 28.5. The van der Waals surface area contributed by atoms with E-state index in [0.717, 1.165) is 44.3 Å². The molecule has 1 saturated heterocycles. The Labute approximate surface area is 174 Å². The average molecular weight is 407 g/mol. The molecule has 9 nitrogen and oxygen atoms in total. The predicted octanol–water partition coefficient (Wildman–Crippen LogP) is 2.09. The maximum Gasteiger partial charge on any atom is 0.275 e. The predicted molar refractivity (Wildman–Crippen MR) is 114 cm³/mol. The number of hydrogen-bond donors (Lipinski definition) is 4. The Morgan fingerprint density at radius 3 is 2.83 bits per heavy atom. The van der Waals surface area contributed by atoms with Crippen LogP contribution in [0.1, 0.15) is 41.9 Å². The van der Waals surface area contributed by atoms with E-state index >= 15 is 0 Å². The van der Waals surface area contributed by atoms with Crippen LogP contribution in [0.4, 0.5) is 11.5 Å². The zero-order chi connectivity index (χ0) is 21.1. The molecule has 9 heteroatoms. The molecular formula is C21H25N7O2. The summed E-state index contributed by atoms with van der Waals surface area (Å²) in [5.74, 6) is 0.0765. The number of pyridine rings is 2. The SMILES string of the molecule is N=CN(C(=N)c1cccc(NC(=O)c2cc(N3CCCC(O)C3)ccn2)n1)C1CC1. The van der Waals surface area contributed by atoms with Crippen LogP contribution in [-0.2, 0) is 0 Å². The van der Waals surface area contributed by atoms with Gasteiger partial charge < -0.3 is 20.2 Å². The zero-order valence-electron chi connectivity index (χ0n) is 16.6. The van der Waals surface area contributed by atoms with Crippen LogP contribution in [0.15, 0.2) is 36.5 Å². The standard InChI is InChI=1S/C21H25N7O2/c22-13-28(14-6-7-14)20(23)17-4-1-5-19(25-17)26-21(30)18-11-15(8-9-24-18)27-10-2-3-16(29)12-27/h1,4-5,8-9,11,13-14,16,22-23,29H,2-3,6-7,10,12H2,(H,25,26,30). The van der Waals surface area contributed by atoms with Gasteiger partial charge in [-0.2, -0.15) is 0 Å². The highest BCUT2D eigenvalue weighted by atomic mass is 16.3. The molecule has 1 saturated carbocycles. The van der Waals surface area contributed by atoms with Crippen molar-refractivity contribution in [3.63, 3.8) is 0 Å². The van der Waals surface area contributed by atoms with Gasteiger partial charge >= 0.3 is 0 Å². The highest BCUT2D eigenvalue weighted by Gasteiger charge is 2.30. The first-order valence-electron chi connectivity index (χ1n) is 10.1. The molecule has 0 radical (unpaired) electrons. The van der Waals surface area contributed by atoms with Crippen molar-refractivity contribution in [2.75, 3.05) is 23.3 Å². The van der Waals surface area contributed by atoms with Gasteiger partial charge in [0, 0.05) is 31.0 Å². The minimum atomic E-state index is -0.392. The number of piperidine rings is 1. The van der Waals surface area contributed by atoms with E-state index in [1.807, 2.05) is 6.07 Å². The first-order valence-corrected chi connectivity index (χ1v) is 10.1. The van der Waals surface area contributed by atoms with Crippen LogP contribution in [0.25, 0.3) is 0 Å². The molecule has 2 aromatic rings. The summed E-state index contributed by atoms with van der Waals surface area (Å²) in [5.41, 5.74) is 1.50. The average Bonchev–Trinajstić information content (AvgIpc) is 3.60. The molecule has 1 amide bonds. The highest BCUT2D eigenvalue weighted by Crippen LogP contribution is 2.27. The third-order valence-electron chi connectivity index (χ3n) is 5.31. The fourth-order valence-corrected chi connectivity index (χ4v) is 3.58. The van der Waals surface area contributed by atoms with Crippen molar-refractivity contribution in [3.8, 4) is 0 Å². The van der Waals surface area contributed by atoms with Crippen molar-refractivity contribution in [2.45, 2.75) is 37.8 Å². The summed E-state index contributed by atoms with van der Waals surface area (Å²) in [6, 6.07) is 8.81. The second kappa shape index (κ2) is 8.58. The van der Waals surface area contributed by atoms with Gasteiger partial charge in [0.2, 0.25) is 0 Å². The Balaban J connectivity index is 1.47. The Kier molecular flexibility index (Phi) is 5.71. The maximum atomic E-state index is 12.7. The molecule has 4 rings (SSSR count). The van der Waals surface area contributed by atoms with Crippen molar-refractivity contribution in [1.82, 2.24) is 14.9 Å². The number of β-amino-alcohol motifs (C(OH)–C–C–N with tert-alkyl or cyclic N) is 1. The number of nitrogens with zero attached hydrogens (tertiary/aromatic N) is 4. The fourth-order valence-electron chi connectivity index (χ4n) is 3.58. The first kappa shape index (κ1) is 20.0. The van der Waals surface area contributed by atoms with Gasteiger partial charge in [-0.25, -0.2) is 4.98 Å². The van der Waals surface area contributed by atoms with Gasteiger partial charge in [-0.1, -0.05) is 6.07 Å². The van der Waals surface area contributed by atoms with E-state index in [1.165, 1.54) is 0 Å². The molecule has 1 aliphatic carbocycles. The van der Waals surface area contributed by atoms with Gasteiger partial charge in [-0.3, -0.25) is 20.6 Å². The van der Waals surface area contributed by atoms with Crippen LogP contribution in [0, 0.1) is 10.8 Å². The van der Waals surface area contributed by atoms with Gasteiger partial charge in [0.1, 0.15) is 17.2 Å². The molecular weight excluding hydrogens is 382 g/mol. The Morgan fingerprint density at radius 2 is 2.10 bits per heavy atom. The largest absolute Gasteiger partial charge is 0.391 e. The fraction of sp³-hybridized carbons (Fsp3) is 0.381. The monoisotopic (exact) mass is 407 g/mol. The second-order valence-corrected chi connectivity index (χ2v) is 7.62. The lowest BCUT2D eigenvalue weighted by molar-refractivity contribution is 0.102. The topological polar surface area (TPSA) is 129 Å². The van der Waals surface area contributed by atoms with Crippen LogP contribution in [-0.4, -0.2) is 63.3 Å². The molecule has 3 heterocycles. The normalized spacial score (nSPS) is 18.6. The summed E-state index contributed by atoms with van der Waals surface area (Å²) >= 11 is 0. The van der Waals surface area contributed by atoms with Gasteiger partial charge in [0.15, 0.2) is 5.84 Å². The number of aromatic nitrogens is 2. The molecule has 2 aliphatic rings. The minimum absolute atomic E-state index is 0.146. The Morgan fingerprint density at radius 1 is 1.27 bits per heavy atom. The number of aliphatic hydroxyl groups excluding tert-OH is 1. The highest BCUT2D eigenvalue weighted by molar-refractivity contribution is 6.04. The van der Waals surface area contributed by atoms with Gasteiger partial charge in [-0.15, -0.1) is 0 Å². The number of hydrogen-bond acceptors (Lipinski definition) is 7. The second-order valence-electron chi connectivity index (χ2n) is 7.62. The molecule has 2 aromatic heterocycles. The van der Waals surface area contributed by atoms with Crippen molar-refractivity contribution in [1.29, 1.82) is 10.8 Å². The number of nitrogens with one attached hydrogen (secondary N) is 3. The van der Waals surface area contributed by atoms with E-state index in [-0.39, 0.29) is 23.7 Å². The number of amides is 1. The molecule has 0 bridgehead atoms. The van der Waals surface area contributed by atoms with E-state index in [9.17, 15) is 9.90 Å². The molecule has 0 spiro atoms. The number of carbonyl (C=O) groups is 1. The zero-order valence-corrected chi connectivity index (χ0v) is 16.6. The van der Waals surface area contributed by atoms with Crippen LogP contribution < -0.4 is 10.2 Å². The van der Waals surface area contributed by atoms with Crippen LogP contribution in [0.5, 0.6) is 0 Å².